The first-order valence-corrected chi connectivity index (χ1v) is 5.71. The normalized spacial score (nSPS) is 10.8. The van der Waals surface area contributed by atoms with Gasteiger partial charge in [0.05, 0.1) is 6.42 Å². The molecule has 9 heteroatoms. The molecule has 0 saturated carbocycles. The monoisotopic (exact) mass is 267 g/mol. The van der Waals surface area contributed by atoms with Gasteiger partial charge >= 0.3 is 11.7 Å². The van der Waals surface area contributed by atoms with Gasteiger partial charge in [-0.15, -0.1) is 0 Å². The number of anilines is 1. The van der Waals surface area contributed by atoms with Crippen molar-refractivity contribution in [3.63, 3.8) is 0 Å². The summed E-state index contributed by atoms with van der Waals surface area (Å²) in [6.45, 7) is 2.29. The van der Waals surface area contributed by atoms with Gasteiger partial charge in [-0.25, -0.2) is 4.79 Å². The van der Waals surface area contributed by atoms with E-state index in [0.29, 0.717) is 6.54 Å². The highest BCUT2D eigenvalue weighted by Crippen LogP contribution is 2.08. The highest BCUT2D eigenvalue weighted by atomic mass is 16.4. The smallest absolute Gasteiger partial charge is 0.330 e. The first kappa shape index (κ1) is 12.9. The number of nitrogens with zero attached hydrogens (tertiary/aromatic N) is 2. The fourth-order valence-electron chi connectivity index (χ4n) is 1.71. The second kappa shape index (κ2) is 4.96. The van der Waals surface area contributed by atoms with E-state index in [-0.39, 0.29) is 30.1 Å². The Morgan fingerprint density at radius 3 is 2.79 bits per heavy atom. The van der Waals surface area contributed by atoms with Gasteiger partial charge in [-0.05, 0) is 6.92 Å². The molecule has 0 atom stereocenters. The Morgan fingerprint density at radius 1 is 1.42 bits per heavy atom. The number of carboxylic acids is 1. The molecular formula is C10H13N5O4. The number of aromatic nitrogens is 4. The summed E-state index contributed by atoms with van der Waals surface area (Å²) in [7, 11) is 0. The van der Waals surface area contributed by atoms with E-state index < -0.39 is 17.2 Å². The lowest BCUT2D eigenvalue weighted by atomic mass is 10.4. The summed E-state index contributed by atoms with van der Waals surface area (Å²) in [4.78, 5) is 42.5. The lowest BCUT2D eigenvalue weighted by Gasteiger charge is -2.00. The van der Waals surface area contributed by atoms with E-state index in [1.807, 2.05) is 0 Å². The molecule has 0 bridgehead atoms. The van der Waals surface area contributed by atoms with Gasteiger partial charge < -0.3 is 15.4 Å². The maximum atomic E-state index is 11.6. The van der Waals surface area contributed by atoms with Crippen molar-refractivity contribution in [3.05, 3.63) is 20.8 Å². The van der Waals surface area contributed by atoms with Crippen molar-refractivity contribution >= 4 is 23.1 Å². The number of carbonyl (C=O) groups is 1. The Bertz CT molecular complexity index is 726. The molecule has 0 radical (unpaired) electrons. The average Bonchev–Trinajstić information content (AvgIpc) is 2.73. The topological polar surface area (TPSA) is 133 Å². The summed E-state index contributed by atoms with van der Waals surface area (Å²) in [6.07, 6.45) is -0.0754. The maximum absolute atomic E-state index is 11.6. The van der Waals surface area contributed by atoms with Gasteiger partial charge in [-0.3, -0.25) is 19.1 Å². The number of aromatic amines is 2. The van der Waals surface area contributed by atoms with Crippen LogP contribution in [-0.2, 0) is 11.3 Å². The molecule has 0 saturated heterocycles. The minimum Gasteiger partial charge on any atom is -0.481 e. The maximum Gasteiger partial charge on any atom is 0.330 e. The molecule has 102 valence electrons. The summed E-state index contributed by atoms with van der Waals surface area (Å²) < 4.78 is 1.32. The van der Waals surface area contributed by atoms with Crippen LogP contribution in [0.5, 0.6) is 0 Å². The molecule has 0 amide bonds. The zero-order valence-corrected chi connectivity index (χ0v) is 10.2. The van der Waals surface area contributed by atoms with Gasteiger partial charge in [0, 0.05) is 13.1 Å². The first-order valence-electron chi connectivity index (χ1n) is 5.71. The lowest BCUT2D eigenvalue weighted by molar-refractivity contribution is -0.136. The number of rotatable bonds is 5. The van der Waals surface area contributed by atoms with E-state index in [1.54, 1.807) is 6.92 Å². The molecule has 0 spiro atoms. The second-order valence-corrected chi connectivity index (χ2v) is 3.86. The molecule has 2 rings (SSSR count). The highest BCUT2D eigenvalue weighted by molar-refractivity contribution is 5.73. The van der Waals surface area contributed by atoms with E-state index in [2.05, 4.69) is 20.3 Å². The molecular weight excluding hydrogens is 254 g/mol. The highest BCUT2D eigenvalue weighted by Gasteiger charge is 2.11. The van der Waals surface area contributed by atoms with E-state index in [4.69, 9.17) is 5.11 Å². The van der Waals surface area contributed by atoms with Crippen LogP contribution in [-0.4, -0.2) is 37.1 Å². The van der Waals surface area contributed by atoms with Crippen molar-refractivity contribution in [2.45, 2.75) is 19.9 Å². The number of aryl methyl sites for hydroxylation is 1. The van der Waals surface area contributed by atoms with Crippen LogP contribution in [0.4, 0.5) is 5.95 Å². The van der Waals surface area contributed by atoms with Crippen LogP contribution in [0.15, 0.2) is 9.59 Å². The number of hydrogen-bond donors (Lipinski definition) is 4. The third-order valence-corrected chi connectivity index (χ3v) is 2.58. The van der Waals surface area contributed by atoms with Gasteiger partial charge in [-0.2, -0.15) is 4.98 Å². The molecule has 9 nitrogen and oxygen atoms in total. The molecule has 0 aromatic carbocycles. The summed E-state index contributed by atoms with van der Waals surface area (Å²) in [5.41, 5.74) is -0.652. The van der Waals surface area contributed by atoms with Gasteiger partial charge in [0.15, 0.2) is 11.2 Å². The van der Waals surface area contributed by atoms with Crippen molar-refractivity contribution in [3.8, 4) is 0 Å². The molecule has 2 aromatic heterocycles. The molecule has 0 fully saturated rings. The van der Waals surface area contributed by atoms with Crippen molar-refractivity contribution in [1.82, 2.24) is 19.5 Å². The number of imidazole rings is 1. The number of hydrogen-bond acceptors (Lipinski definition) is 5. The van der Waals surface area contributed by atoms with E-state index in [0.717, 1.165) is 0 Å². The van der Waals surface area contributed by atoms with Crippen molar-refractivity contribution in [2.75, 3.05) is 11.9 Å². The Hall–Kier alpha value is -2.58. The minimum atomic E-state index is -0.938. The van der Waals surface area contributed by atoms with Gasteiger partial charge in [0.1, 0.15) is 0 Å². The SMILES string of the molecule is CCn1c(=O)[nH]c(=O)c2[nH]c(NCCC(=O)O)nc21. The lowest BCUT2D eigenvalue weighted by Crippen LogP contribution is -2.29. The minimum absolute atomic E-state index is 0.0754. The molecule has 0 aliphatic heterocycles. The number of carboxylic acid groups (broad SMARTS) is 1. The molecule has 0 aliphatic rings. The quantitative estimate of drug-likeness (QED) is 0.567. The summed E-state index contributed by atoms with van der Waals surface area (Å²) >= 11 is 0. The Morgan fingerprint density at radius 2 is 2.16 bits per heavy atom. The zero-order chi connectivity index (χ0) is 14.0. The number of aliphatic carboxylic acids is 1. The average molecular weight is 267 g/mol. The van der Waals surface area contributed by atoms with Crippen molar-refractivity contribution in [2.24, 2.45) is 0 Å². The van der Waals surface area contributed by atoms with Crippen LogP contribution >= 0.6 is 0 Å². The standard InChI is InChI=1S/C10H13N5O4/c1-2-15-7-6(8(18)14-10(15)19)12-9(13-7)11-4-3-5(16)17/h2-4H2,1H3,(H,16,17)(H2,11,12,13)(H,14,18,19). The fraction of sp³-hybridized carbons (Fsp3) is 0.400. The van der Waals surface area contributed by atoms with E-state index in [9.17, 15) is 14.4 Å². The predicted octanol–water partition coefficient (Wildman–Crippen LogP) is -0.681. The van der Waals surface area contributed by atoms with Gasteiger partial charge in [-0.1, -0.05) is 0 Å². The Kier molecular flexibility index (Phi) is 3.36. The molecule has 4 N–H and O–H groups in total. The first-order chi connectivity index (χ1) is 9.02. The van der Waals surface area contributed by atoms with Crippen LogP contribution in [0.25, 0.3) is 11.2 Å². The zero-order valence-electron chi connectivity index (χ0n) is 10.2. The van der Waals surface area contributed by atoms with Gasteiger partial charge in [0.25, 0.3) is 5.56 Å². The van der Waals surface area contributed by atoms with Crippen LogP contribution in [0.3, 0.4) is 0 Å². The second-order valence-electron chi connectivity index (χ2n) is 3.86. The van der Waals surface area contributed by atoms with Crippen LogP contribution < -0.4 is 16.6 Å². The summed E-state index contributed by atoms with van der Waals surface area (Å²) in [5, 5.41) is 11.3. The number of H-pyrrole nitrogens is 2. The van der Waals surface area contributed by atoms with Crippen molar-refractivity contribution < 1.29 is 9.90 Å². The van der Waals surface area contributed by atoms with E-state index in [1.165, 1.54) is 4.57 Å². The van der Waals surface area contributed by atoms with Crippen LogP contribution in [0.1, 0.15) is 13.3 Å². The molecule has 2 aromatic rings. The number of fused-ring (bicyclic) bond motifs is 1. The fourth-order valence-corrected chi connectivity index (χ4v) is 1.71. The molecule has 0 aliphatic carbocycles. The van der Waals surface area contributed by atoms with Crippen LogP contribution in [0.2, 0.25) is 0 Å². The molecule has 2 heterocycles. The predicted molar refractivity (Wildman–Crippen MR) is 67.4 cm³/mol. The third-order valence-electron chi connectivity index (χ3n) is 2.58. The summed E-state index contributed by atoms with van der Waals surface area (Å²) in [5.74, 6) is -0.679. The van der Waals surface area contributed by atoms with E-state index >= 15 is 0 Å². The third kappa shape index (κ3) is 2.49. The Labute approximate surface area is 106 Å². The summed E-state index contributed by atoms with van der Waals surface area (Å²) in [6, 6.07) is 0. The molecule has 0 unspecified atom stereocenters. The largest absolute Gasteiger partial charge is 0.481 e. The Balaban J connectivity index is 2.39. The molecule has 19 heavy (non-hydrogen) atoms. The van der Waals surface area contributed by atoms with Crippen LogP contribution in [0, 0.1) is 0 Å². The number of nitrogens with one attached hydrogen (secondary N) is 3. The van der Waals surface area contributed by atoms with Gasteiger partial charge in [0.2, 0.25) is 5.95 Å². The van der Waals surface area contributed by atoms with Crippen molar-refractivity contribution in [1.29, 1.82) is 0 Å².